The van der Waals surface area contributed by atoms with Gasteiger partial charge in [0.1, 0.15) is 0 Å². The van der Waals surface area contributed by atoms with Crippen molar-refractivity contribution in [3.63, 3.8) is 0 Å². The summed E-state index contributed by atoms with van der Waals surface area (Å²) in [5.41, 5.74) is 2.65. The Morgan fingerprint density at radius 3 is 2.52 bits per heavy atom. The number of allylic oxidation sites excluding steroid dienone is 2. The van der Waals surface area contributed by atoms with Crippen LogP contribution in [0.5, 0.6) is 0 Å². The second-order valence-corrected chi connectivity index (χ2v) is 14.0. The van der Waals surface area contributed by atoms with Crippen LogP contribution in [-0.4, -0.2) is 38.2 Å². The molecule has 3 aromatic carbocycles. The van der Waals surface area contributed by atoms with E-state index in [-0.39, 0.29) is 41.9 Å². The molecule has 1 aliphatic heterocycles. The van der Waals surface area contributed by atoms with Crippen LogP contribution in [0.3, 0.4) is 0 Å². The van der Waals surface area contributed by atoms with Gasteiger partial charge in [-0.1, -0.05) is 54.6 Å². The predicted octanol–water partition coefficient (Wildman–Crippen LogP) is 2.61. The van der Waals surface area contributed by atoms with Gasteiger partial charge in [0.2, 0.25) is 11.5 Å². The molecule has 14 heteroatoms. The van der Waals surface area contributed by atoms with Crippen LogP contribution < -0.4 is 39.0 Å². The number of anilines is 1. The molecular formula is C28H26ClN2NaO7S3. The van der Waals surface area contributed by atoms with Gasteiger partial charge in [-0.2, -0.15) is 0 Å². The quantitative estimate of drug-likeness (QED) is 0.109. The van der Waals surface area contributed by atoms with E-state index in [1.807, 2.05) is 60.4 Å². The number of unbranched alkanes of at least 4 members (excludes halogenated alkanes) is 1. The van der Waals surface area contributed by atoms with Crippen LogP contribution in [0.1, 0.15) is 32.1 Å². The minimum atomic E-state index is -4.65. The summed E-state index contributed by atoms with van der Waals surface area (Å²) in [4.78, 5) is 2.99. The number of fused-ring (bicyclic) bond motifs is 4. The van der Waals surface area contributed by atoms with Gasteiger partial charge in [0.25, 0.3) is 5.52 Å². The van der Waals surface area contributed by atoms with E-state index in [0.717, 1.165) is 32.0 Å². The van der Waals surface area contributed by atoms with Crippen LogP contribution in [-0.2, 0) is 26.1 Å². The zero-order chi connectivity index (χ0) is 29.4. The molecule has 2 heterocycles. The molecule has 216 valence electrons. The molecule has 0 saturated carbocycles. The number of benzene rings is 3. The molecule has 1 aliphatic rings. The van der Waals surface area contributed by atoms with E-state index in [4.69, 9.17) is 16.0 Å². The molecule has 0 aliphatic carbocycles. The van der Waals surface area contributed by atoms with E-state index in [1.165, 1.54) is 16.3 Å². The van der Waals surface area contributed by atoms with Crippen LogP contribution in [0.4, 0.5) is 5.69 Å². The van der Waals surface area contributed by atoms with Gasteiger partial charge in [-0.3, -0.25) is 0 Å². The van der Waals surface area contributed by atoms with Crippen molar-refractivity contribution < 1.29 is 64.5 Å². The normalized spacial score (nSPS) is 15.0. The van der Waals surface area contributed by atoms with Crippen LogP contribution >= 0.6 is 23.4 Å². The summed E-state index contributed by atoms with van der Waals surface area (Å²) in [7, 11) is -8.95. The van der Waals surface area contributed by atoms with Crippen molar-refractivity contribution in [3.8, 4) is 0 Å². The van der Waals surface area contributed by atoms with Crippen molar-refractivity contribution in [2.45, 2.75) is 37.0 Å². The third-order valence-electron chi connectivity index (χ3n) is 6.65. The third-order valence-corrected chi connectivity index (χ3v) is 9.36. The van der Waals surface area contributed by atoms with Crippen molar-refractivity contribution in [1.29, 1.82) is 0 Å². The van der Waals surface area contributed by atoms with E-state index in [1.54, 1.807) is 18.2 Å². The molecule has 42 heavy (non-hydrogen) atoms. The third kappa shape index (κ3) is 7.79. The fourth-order valence-corrected chi connectivity index (χ4v) is 7.23. The van der Waals surface area contributed by atoms with Gasteiger partial charge < -0.3 is 18.4 Å². The van der Waals surface area contributed by atoms with E-state index < -0.39 is 31.9 Å². The largest absolute Gasteiger partial charge is 1.00 e. The van der Waals surface area contributed by atoms with Gasteiger partial charge in [-0.25, -0.2) is 16.8 Å². The molecule has 0 unspecified atom stereocenters. The van der Waals surface area contributed by atoms with Crippen LogP contribution in [0, 0.1) is 0 Å². The first-order chi connectivity index (χ1) is 19.4. The molecule has 0 radical (unpaired) electrons. The molecule has 0 spiro atoms. The SMILES string of the molecule is CCC(=C/c1oc2ccc3ccccc3c2[n+]1CS(=O)(=O)[O-])/C=C1/Sc2ccc(Cl)cc2N1CCCCS(=O)(=O)[O-].[Na+]. The Kier molecular flexibility index (Phi) is 10.5. The molecule has 4 aromatic rings. The number of hydrogen-bond acceptors (Lipinski definition) is 9. The molecular weight excluding hydrogens is 631 g/mol. The van der Waals surface area contributed by atoms with Crippen LogP contribution in [0.2, 0.25) is 5.02 Å². The fraction of sp³-hybridized carbons (Fsp3) is 0.250. The molecule has 5 rings (SSSR count). The van der Waals surface area contributed by atoms with E-state index in [0.29, 0.717) is 35.5 Å². The summed E-state index contributed by atoms with van der Waals surface area (Å²) in [5.74, 6) is -1.00. The average Bonchev–Trinajstić information content (AvgIpc) is 3.41. The summed E-state index contributed by atoms with van der Waals surface area (Å²) < 4.78 is 76.4. The maximum atomic E-state index is 11.9. The maximum Gasteiger partial charge on any atom is 1.00 e. The van der Waals surface area contributed by atoms with E-state index in [9.17, 15) is 25.9 Å². The Bertz CT molecular complexity index is 1920. The first-order valence-electron chi connectivity index (χ1n) is 12.8. The minimum Gasteiger partial charge on any atom is -0.748 e. The zero-order valence-corrected chi connectivity index (χ0v) is 28.2. The second kappa shape index (κ2) is 13.4. The van der Waals surface area contributed by atoms with Gasteiger partial charge in [-0.05, 0) is 66.6 Å². The Balaban J connectivity index is 0.00000405. The van der Waals surface area contributed by atoms with Gasteiger partial charge in [-0.15, -0.1) is 4.57 Å². The summed E-state index contributed by atoms with van der Waals surface area (Å²) in [6.07, 6.45) is 4.93. The number of nitrogens with zero attached hydrogens (tertiary/aromatic N) is 2. The standard InChI is InChI=1S/C28H27ClN2O7S3.Na/c1-2-19(16-27-30(13-5-6-14-40(32,33)34)23-17-21(29)10-12-25(23)39-27)15-26-31(18-41(35,36)37)28-22-8-4-3-7-20(22)9-11-24(28)38-26;/h3-4,7-12,15-17H,2,5-6,13-14,18H2,1H3,(H-,32,33,34,35,36,37);/q;+1/p-1. The van der Waals surface area contributed by atoms with Gasteiger partial charge >= 0.3 is 35.4 Å². The Hall–Kier alpha value is -1.87. The first kappa shape index (κ1) is 33.0. The van der Waals surface area contributed by atoms with Crippen molar-refractivity contribution >= 4 is 77.2 Å². The monoisotopic (exact) mass is 656 g/mol. The van der Waals surface area contributed by atoms with Gasteiger partial charge in [0.15, 0.2) is 10.1 Å². The number of aromatic nitrogens is 1. The number of oxazole rings is 1. The van der Waals surface area contributed by atoms with E-state index in [2.05, 4.69) is 0 Å². The van der Waals surface area contributed by atoms with E-state index >= 15 is 0 Å². The summed E-state index contributed by atoms with van der Waals surface area (Å²) >= 11 is 7.79. The molecule has 0 amide bonds. The molecule has 1 aromatic heterocycles. The zero-order valence-electron chi connectivity index (χ0n) is 22.9. The Labute approximate surface area is 276 Å². The van der Waals surface area contributed by atoms with Crippen molar-refractivity contribution in [1.82, 2.24) is 0 Å². The van der Waals surface area contributed by atoms with Gasteiger partial charge in [0.05, 0.1) is 32.3 Å². The fourth-order valence-electron chi connectivity index (χ4n) is 4.79. The summed E-state index contributed by atoms with van der Waals surface area (Å²) in [6.45, 7) is 2.41. The van der Waals surface area contributed by atoms with Crippen molar-refractivity contribution in [2.75, 3.05) is 17.2 Å². The molecule has 0 saturated heterocycles. The summed E-state index contributed by atoms with van der Waals surface area (Å²) in [6, 6.07) is 16.6. The molecule has 0 bridgehead atoms. The first-order valence-corrected chi connectivity index (χ1v) is 17.2. The maximum absolute atomic E-state index is 11.9. The van der Waals surface area contributed by atoms with Gasteiger partial charge in [0, 0.05) is 22.2 Å². The number of halogens is 1. The number of rotatable bonds is 10. The van der Waals surface area contributed by atoms with Crippen molar-refractivity contribution in [3.05, 3.63) is 82.2 Å². The number of thioether (sulfide) groups is 1. The smallest absolute Gasteiger partial charge is 0.748 e. The van der Waals surface area contributed by atoms with Crippen molar-refractivity contribution in [2.24, 2.45) is 0 Å². The van der Waals surface area contributed by atoms with Crippen LogP contribution in [0.15, 0.2) is 80.6 Å². The summed E-state index contributed by atoms with van der Waals surface area (Å²) in [5, 5.41) is 3.05. The molecule has 0 fully saturated rings. The molecule has 0 atom stereocenters. The predicted molar refractivity (Wildman–Crippen MR) is 158 cm³/mol. The molecule has 9 nitrogen and oxygen atoms in total. The second-order valence-electron chi connectivity index (χ2n) is 9.58. The minimum absolute atomic E-state index is 0. The number of hydrogen-bond donors (Lipinski definition) is 0. The topological polar surface area (TPSA) is 135 Å². The Morgan fingerprint density at radius 2 is 1.81 bits per heavy atom. The average molecular weight is 657 g/mol. The Morgan fingerprint density at radius 1 is 1.05 bits per heavy atom. The van der Waals surface area contributed by atoms with Crippen LogP contribution in [0.25, 0.3) is 27.9 Å². The molecule has 0 N–H and O–H groups in total.